The maximum Gasteiger partial charge on any atom is 1.00 e. The van der Waals surface area contributed by atoms with E-state index in [1.165, 1.54) is 0 Å². The number of carbonyl (C=O) groups excluding carboxylic acids is 1. The van der Waals surface area contributed by atoms with Gasteiger partial charge >= 0.3 is 103 Å². The molecule has 17 heavy (non-hydrogen) atoms. The molecule has 0 fully saturated rings. The van der Waals surface area contributed by atoms with E-state index in [4.69, 9.17) is 10.3 Å². The Kier molecular flexibility index (Phi) is 9.68. The van der Waals surface area contributed by atoms with Crippen LogP contribution in [0.3, 0.4) is 0 Å². The molecule has 0 spiro atoms. The van der Waals surface area contributed by atoms with Crippen molar-refractivity contribution in [2.24, 2.45) is 0 Å². The summed E-state index contributed by atoms with van der Waals surface area (Å²) in [6.45, 7) is 0. The number of rotatable bonds is 2. The summed E-state index contributed by atoms with van der Waals surface area (Å²) in [5, 5.41) is 21.5. The average molecular weight is 309 g/mol. The van der Waals surface area contributed by atoms with Crippen LogP contribution < -0.4 is 119 Å². The first kappa shape index (κ1) is 20.8. The largest absolute Gasteiger partial charge is 1.00 e. The van der Waals surface area contributed by atoms with Gasteiger partial charge in [-0.1, -0.05) is 11.8 Å². The summed E-state index contributed by atoms with van der Waals surface area (Å²) < 4.78 is 30.2. The van der Waals surface area contributed by atoms with Crippen molar-refractivity contribution in [1.82, 2.24) is 0 Å². The molecule has 0 aliphatic heterocycles. The molecule has 0 unspecified atom stereocenters. The van der Waals surface area contributed by atoms with Gasteiger partial charge in [0.15, 0.2) is 0 Å². The molecule has 1 aromatic rings. The minimum absolute atomic E-state index is 0. The van der Waals surface area contributed by atoms with E-state index in [0.29, 0.717) is 0 Å². The third-order valence-corrected chi connectivity index (χ3v) is 2.57. The van der Waals surface area contributed by atoms with Crippen molar-refractivity contribution < 1.29 is 131 Å². The molecular formula is C7H5K2NO6S. The number of hydrogen-bond donors (Lipinski definition) is 2. The maximum absolute atomic E-state index is 11.0. The van der Waals surface area contributed by atoms with Crippen LogP contribution >= 0.6 is 0 Å². The number of nitrogen functional groups attached to an aromatic ring is 1. The van der Waals surface area contributed by atoms with Gasteiger partial charge in [-0.15, -0.1) is 0 Å². The Morgan fingerprint density at radius 3 is 2.06 bits per heavy atom. The quantitative estimate of drug-likeness (QED) is 0.313. The SMILES string of the molecule is Nc1ccc([O-])c(C(=O)[O-])c1S(=O)(=O)O.[K+].[K+]. The minimum Gasteiger partial charge on any atom is -0.872 e. The van der Waals surface area contributed by atoms with Crippen molar-refractivity contribution in [2.75, 3.05) is 5.73 Å². The Labute approximate surface area is 182 Å². The topological polar surface area (TPSA) is 144 Å². The van der Waals surface area contributed by atoms with Gasteiger partial charge in [0.05, 0.1) is 11.7 Å². The molecule has 0 radical (unpaired) electrons. The summed E-state index contributed by atoms with van der Waals surface area (Å²) in [4.78, 5) is 9.37. The summed E-state index contributed by atoms with van der Waals surface area (Å²) in [7, 11) is -4.88. The number of aromatic carboxylic acids is 1. The second-order valence-electron chi connectivity index (χ2n) is 2.62. The van der Waals surface area contributed by atoms with Gasteiger partial charge in [-0.05, 0) is 6.07 Å². The van der Waals surface area contributed by atoms with E-state index in [1.807, 2.05) is 0 Å². The first-order valence-electron chi connectivity index (χ1n) is 3.53. The number of benzene rings is 1. The Morgan fingerprint density at radius 1 is 1.29 bits per heavy atom. The monoisotopic (exact) mass is 309 g/mol. The zero-order chi connectivity index (χ0) is 11.8. The molecule has 0 saturated carbocycles. The fourth-order valence-corrected chi connectivity index (χ4v) is 1.86. The maximum atomic E-state index is 11.0. The van der Waals surface area contributed by atoms with Crippen molar-refractivity contribution in [3.63, 3.8) is 0 Å². The van der Waals surface area contributed by atoms with Crippen LogP contribution in [0.4, 0.5) is 5.69 Å². The number of nitrogens with two attached hydrogens (primary N) is 1. The smallest absolute Gasteiger partial charge is 0.872 e. The normalized spacial score (nSPS) is 9.94. The molecule has 1 rings (SSSR count). The number of carboxylic acids is 1. The predicted molar refractivity (Wildman–Crippen MR) is 44.4 cm³/mol. The minimum atomic E-state index is -4.88. The fraction of sp³-hybridized carbons (Fsp3) is 0. The second-order valence-corrected chi connectivity index (χ2v) is 3.98. The van der Waals surface area contributed by atoms with E-state index in [1.54, 1.807) is 0 Å². The summed E-state index contributed by atoms with van der Waals surface area (Å²) in [5.74, 6) is -3.11. The van der Waals surface area contributed by atoms with Gasteiger partial charge in [0.1, 0.15) is 4.90 Å². The standard InChI is InChI=1S/C7H7NO6S.2K/c8-3-1-2-4(9)5(7(10)11)6(3)15(12,13)14;;/h1-2,9H,8H2,(H,10,11)(H,12,13,14);;/q;2*+1/p-2. The first-order chi connectivity index (χ1) is 6.75. The third-order valence-electron chi connectivity index (χ3n) is 1.61. The molecule has 7 nitrogen and oxygen atoms in total. The zero-order valence-electron chi connectivity index (χ0n) is 9.13. The molecule has 0 aliphatic rings. The average Bonchev–Trinajstić information content (AvgIpc) is 2.05. The van der Waals surface area contributed by atoms with E-state index >= 15 is 0 Å². The van der Waals surface area contributed by atoms with E-state index in [-0.39, 0.29) is 103 Å². The number of carboxylic acid groups (broad SMARTS) is 1. The molecule has 3 N–H and O–H groups in total. The fourth-order valence-electron chi connectivity index (χ4n) is 1.05. The second kappa shape index (κ2) is 7.92. The van der Waals surface area contributed by atoms with Gasteiger partial charge in [-0.25, -0.2) is 0 Å². The molecule has 0 bridgehead atoms. The molecule has 1 aromatic carbocycles. The number of hydrogen-bond acceptors (Lipinski definition) is 6. The van der Waals surface area contributed by atoms with Crippen LogP contribution in [0.25, 0.3) is 0 Å². The Bertz CT molecular complexity index is 529. The van der Waals surface area contributed by atoms with E-state index in [2.05, 4.69) is 0 Å². The van der Waals surface area contributed by atoms with Crippen LogP contribution in [0.5, 0.6) is 5.75 Å². The molecule has 0 amide bonds. The van der Waals surface area contributed by atoms with Crippen LogP contribution in [-0.4, -0.2) is 18.9 Å². The molecule has 10 heteroatoms. The Morgan fingerprint density at radius 2 is 1.76 bits per heavy atom. The zero-order valence-corrected chi connectivity index (χ0v) is 16.2. The van der Waals surface area contributed by atoms with Crippen LogP contribution in [0.15, 0.2) is 17.0 Å². The van der Waals surface area contributed by atoms with Crippen LogP contribution in [0.1, 0.15) is 10.4 Å². The van der Waals surface area contributed by atoms with Gasteiger partial charge in [0, 0.05) is 5.56 Å². The number of carbonyl (C=O) groups is 1. The molecule has 0 heterocycles. The van der Waals surface area contributed by atoms with Crippen molar-refractivity contribution >= 4 is 21.8 Å². The van der Waals surface area contributed by atoms with Gasteiger partial charge in [-0.3, -0.25) is 4.55 Å². The van der Waals surface area contributed by atoms with E-state index < -0.39 is 38.0 Å². The van der Waals surface area contributed by atoms with Gasteiger partial charge in [0.2, 0.25) is 0 Å². The van der Waals surface area contributed by atoms with Crippen molar-refractivity contribution in [3.8, 4) is 5.75 Å². The summed E-state index contributed by atoms with van der Waals surface area (Å²) in [5.41, 5.74) is 3.44. The molecule has 0 aromatic heterocycles. The predicted octanol–water partition coefficient (Wildman–Crippen LogP) is -8.04. The molecule has 0 saturated heterocycles. The van der Waals surface area contributed by atoms with Gasteiger partial charge < -0.3 is 20.7 Å². The number of anilines is 1. The summed E-state index contributed by atoms with van der Waals surface area (Å²) in [6.07, 6.45) is 0. The van der Waals surface area contributed by atoms with Crippen molar-refractivity contribution in [1.29, 1.82) is 0 Å². The molecule has 0 aliphatic carbocycles. The third kappa shape index (κ3) is 5.16. The van der Waals surface area contributed by atoms with Gasteiger partial charge in [0.25, 0.3) is 10.1 Å². The van der Waals surface area contributed by atoms with Crippen LogP contribution in [0.2, 0.25) is 0 Å². The van der Waals surface area contributed by atoms with Crippen molar-refractivity contribution in [3.05, 3.63) is 17.7 Å². The van der Waals surface area contributed by atoms with Crippen molar-refractivity contribution in [2.45, 2.75) is 4.90 Å². The Balaban J connectivity index is 0. The first-order valence-corrected chi connectivity index (χ1v) is 4.97. The summed E-state index contributed by atoms with van der Waals surface area (Å²) in [6, 6.07) is 1.66. The van der Waals surface area contributed by atoms with Gasteiger partial charge in [-0.2, -0.15) is 8.42 Å². The Hall–Kier alpha value is 1.47. The molecule has 82 valence electrons. The molecule has 0 atom stereocenters. The van der Waals surface area contributed by atoms with E-state index in [0.717, 1.165) is 12.1 Å². The van der Waals surface area contributed by atoms with Crippen LogP contribution in [-0.2, 0) is 10.1 Å². The molecular weight excluding hydrogens is 304 g/mol. The summed E-state index contributed by atoms with van der Waals surface area (Å²) >= 11 is 0. The van der Waals surface area contributed by atoms with E-state index in [9.17, 15) is 23.4 Å². The van der Waals surface area contributed by atoms with Crippen LogP contribution in [0, 0.1) is 0 Å².